The summed E-state index contributed by atoms with van der Waals surface area (Å²) in [5.74, 6) is -1.38. The summed E-state index contributed by atoms with van der Waals surface area (Å²) >= 11 is 0. The second kappa shape index (κ2) is 7.02. The quantitative estimate of drug-likeness (QED) is 0.891. The van der Waals surface area contributed by atoms with Crippen LogP contribution in [0.25, 0.3) is 23.2 Å². The Labute approximate surface area is 157 Å². The molecule has 2 aromatic rings. The summed E-state index contributed by atoms with van der Waals surface area (Å²) in [6, 6.07) is 4.37. The number of carboxylic acids is 1. The smallest absolute Gasteiger partial charge is 0.335 e. The number of ketones is 2. The number of carboxylic acid groups (broad SMARTS) is 1. The molecule has 142 valence electrons. The Kier molecular flexibility index (Phi) is 5.31. The van der Waals surface area contributed by atoms with Gasteiger partial charge in [-0.05, 0) is 18.2 Å². The SMILES string of the molecule is CC(C)(C)C(=O)/C=c1\nc2ccc(C(=O)O)cc2n\c1=C/C(=O)C(C)(C)C. The van der Waals surface area contributed by atoms with Crippen molar-refractivity contribution < 1.29 is 19.5 Å². The largest absolute Gasteiger partial charge is 0.478 e. The van der Waals surface area contributed by atoms with E-state index in [4.69, 9.17) is 5.11 Å². The number of carbonyl (C=O) groups is 3. The molecule has 6 heteroatoms. The number of fused-ring (bicyclic) bond motifs is 1. The van der Waals surface area contributed by atoms with Gasteiger partial charge in [-0.1, -0.05) is 41.5 Å². The molecule has 0 unspecified atom stereocenters. The van der Waals surface area contributed by atoms with Gasteiger partial charge in [-0.3, -0.25) is 9.59 Å². The number of hydrogen-bond donors (Lipinski definition) is 1. The van der Waals surface area contributed by atoms with Crippen molar-refractivity contribution in [1.29, 1.82) is 0 Å². The molecule has 1 N–H and O–H groups in total. The highest BCUT2D eigenvalue weighted by Gasteiger charge is 2.21. The first-order valence-corrected chi connectivity index (χ1v) is 8.62. The molecule has 0 saturated heterocycles. The van der Waals surface area contributed by atoms with Gasteiger partial charge in [0.05, 0.1) is 27.3 Å². The Bertz CT molecular complexity index is 1050. The van der Waals surface area contributed by atoms with E-state index in [1.807, 2.05) is 0 Å². The molecule has 0 fully saturated rings. The van der Waals surface area contributed by atoms with Crippen LogP contribution >= 0.6 is 0 Å². The van der Waals surface area contributed by atoms with E-state index in [1.54, 1.807) is 47.6 Å². The molecule has 2 rings (SSSR count). The van der Waals surface area contributed by atoms with E-state index in [0.29, 0.717) is 16.4 Å². The lowest BCUT2D eigenvalue weighted by Crippen LogP contribution is -2.36. The van der Waals surface area contributed by atoms with Crippen molar-refractivity contribution in [2.24, 2.45) is 10.8 Å². The molecule has 0 aliphatic heterocycles. The molecule has 0 bridgehead atoms. The molecule has 6 nitrogen and oxygen atoms in total. The predicted octanol–water partition coefficient (Wildman–Crippen LogP) is 2.12. The monoisotopic (exact) mass is 368 g/mol. The molecule has 0 atom stereocenters. The molecule has 1 aromatic carbocycles. The molecular formula is C21H24N2O4. The van der Waals surface area contributed by atoms with Gasteiger partial charge in [0.15, 0.2) is 11.6 Å². The first kappa shape index (κ1) is 20.4. The molecule has 0 radical (unpaired) electrons. The van der Waals surface area contributed by atoms with Gasteiger partial charge in [-0.25, -0.2) is 14.8 Å². The third-order valence-corrected chi connectivity index (χ3v) is 3.98. The van der Waals surface area contributed by atoms with Crippen molar-refractivity contribution in [2.45, 2.75) is 41.5 Å². The lowest BCUT2D eigenvalue weighted by molar-refractivity contribution is -0.120. The number of hydrogen-bond acceptors (Lipinski definition) is 5. The Hall–Kier alpha value is -2.89. The maximum atomic E-state index is 12.5. The third-order valence-electron chi connectivity index (χ3n) is 3.98. The zero-order valence-corrected chi connectivity index (χ0v) is 16.5. The van der Waals surface area contributed by atoms with Crippen molar-refractivity contribution in [2.75, 3.05) is 0 Å². The first-order chi connectivity index (χ1) is 12.3. The maximum Gasteiger partial charge on any atom is 0.335 e. The highest BCUT2D eigenvalue weighted by molar-refractivity contribution is 6.10. The van der Waals surface area contributed by atoms with Crippen LogP contribution in [-0.2, 0) is 9.59 Å². The minimum Gasteiger partial charge on any atom is -0.478 e. The van der Waals surface area contributed by atoms with Gasteiger partial charge >= 0.3 is 5.97 Å². The van der Waals surface area contributed by atoms with Gasteiger partial charge < -0.3 is 5.11 Å². The van der Waals surface area contributed by atoms with Gasteiger partial charge in [0.25, 0.3) is 0 Å². The third kappa shape index (κ3) is 4.84. The molecule has 27 heavy (non-hydrogen) atoms. The second-order valence-corrected chi connectivity index (χ2v) is 8.52. The lowest BCUT2D eigenvalue weighted by Gasteiger charge is -2.14. The van der Waals surface area contributed by atoms with E-state index in [1.165, 1.54) is 24.3 Å². The minimum atomic E-state index is -1.08. The Balaban J connectivity index is 2.85. The van der Waals surface area contributed by atoms with Crippen LogP contribution in [0, 0.1) is 10.8 Å². The fraction of sp³-hybridized carbons (Fsp3) is 0.381. The molecule has 0 spiro atoms. The normalized spacial score (nSPS) is 13.9. The van der Waals surface area contributed by atoms with Crippen LogP contribution in [-0.4, -0.2) is 32.6 Å². The number of carbonyl (C=O) groups excluding carboxylic acids is 2. The molecule has 0 aliphatic carbocycles. The Morgan fingerprint density at radius 1 is 0.815 bits per heavy atom. The molecule has 0 aliphatic rings. The van der Waals surface area contributed by atoms with Gasteiger partial charge in [-0.2, -0.15) is 0 Å². The van der Waals surface area contributed by atoms with Crippen LogP contribution in [0.5, 0.6) is 0 Å². The van der Waals surface area contributed by atoms with E-state index >= 15 is 0 Å². The summed E-state index contributed by atoms with van der Waals surface area (Å²) in [5.41, 5.74) is -0.344. The molecule has 0 saturated carbocycles. The van der Waals surface area contributed by atoms with Gasteiger partial charge in [0.1, 0.15) is 0 Å². The summed E-state index contributed by atoms with van der Waals surface area (Å²) in [6.45, 7) is 10.7. The molecular weight excluding hydrogens is 344 g/mol. The number of Topliss-reactive ketones (excluding diaryl/α,β-unsaturated/α-hetero) is 2. The fourth-order valence-corrected chi connectivity index (χ4v) is 2.11. The first-order valence-electron chi connectivity index (χ1n) is 8.62. The zero-order chi connectivity index (χ0) is 20.6. The second-order valence-electron chi connectivity index (χ2n) is 8.52. The molecule has 1 aromatic heterocycles. The van der Waals surface area contributed by atoms with Crippen molar-refractivity contribution in [3.8, 4) is 0 Å². The minimum absolute atomic E-state index is 0.0763. The number of aromatic carboxylic acids is 1. The number of nitrogens with zero attached hydrogens (tertiary/aromatic N) is 2. The number of aromatic nitrogens is 2. The van der Waals surface area contributed by atoms with Crippen LogP contribution in [0.4, 0.5) is 0 Å². The molecule has 0 amide bonds. The summed E-state index contributed by atoms with van der Waals surface area (Å²) in [6.07, 6.45) is 2.75. The Morgan fingerprint density at radius 3 is 1.67 bits per heavy atom. The van der Waals surface area contributed by atoms with Crippen molar-refractivity contribution >= 4 is 40.7 Å². The van der Waals surface area contributed by atoms with E-state index < -0.39 is 16.8 Å². The molecule has 1 heterocycles. The van der Waals surface area contributed by atoms with Crippen LogP contribution in [0.15, 0.2) is 18.2 Å². The maximum absolute atomic E-state index is 12.5. The van der Waals surface area contributed by atoms with Gasteiger partial charge in [-0.15, -0.1) is 0 Å². The topological polar surface area (TPSA) is 97.2 Å². The van der Waals surface area contributed by atoms with Crippen molar-refractivity contribution in [1.82, 2.24) is 9.97 Å². The zero-order valence-electron chi connectivity index (χ0n) is 16.5. The summed E-state index contributed by atoms with van der Waals surface area (Å²) in [7, 11) is 0. The summed E-state index contributed by atoms with van der Waals surface area (Å²) in [4.78, 5) is 45.0. The fourth-order valence-electron chi connectivity index (χ4n) is 2.11. The van der Waals surface area contributed by atoms with E-state index in [9.17, 15) is 14.4 Å². The van der Waals surface area contributed by atoms with Gasteiger partial charge in [0, 0.05) is 23.0 Å². The average molecular weight is 368 g/mol. The van der Waals surface area contributed by atoms with Crippen LogP contribution in [0.2, 0.25) is 0 Å². The van der Waals surface area contributed by atoms with Crippen molar-refractivity contribution in [3.63, 3.8) is 0 Å². The van der Waals surface area contributed by atoms with E-state index in [2.05, 4.69) is 9.97 Å². The highest BCUT2D eigenvalue weighted by Crippen LogP contribution is 2.16. The number of rotatable bonds is 3. The van der Waals surface area contributed by atoms with E-state index in [0.717, 1.165) is 0 Å². The number of benzene rings is 1. The standard InChI is InChI=1S/C21H24N2O4/c1-20(2,3)17(24)10-15-16(11-18(25)21(4,5)6)23-14-9-12(19(26)27)7-8-13(14)22-15/h7-11H,1-6H3,(H,26,27)/b15-10-,16-11-. The van der Waals surface area contributed by atoms with Gasteiger partial charge in [0.2, 0.25) is 0 Å². The summed E-state index contributed by atoms with van der Waals surface area (Å²) < 4.78 is 0. The van der Waals surface area contributed by atoms with E-state index in [-0.39, 0.29) is 22.5 Å². The average Bonchev–Trinajstić information content (AvgIpc) is 2.52. The van der Waals surface area contributed by atoms with Crippen LogP contribution in [0.3, 0.4) is 0 Å². The van der Waals surface area contributed by atoms with Crippen molar-refractivity contribution in [3.05, 3.63) is 34.5 Å². The highest BCUT2D eigenvalue weighted by atomic mass is 16.4. The van der Waals surface area contributed by atoms with Crippen LogP contribution in [0.1, 0.15) is 51.9 Å². The predicted molar refractivity (Wildman–Crippen MR) is 104 cm³/mol. The Morgan fingerprint density at radius 2 is 1.26 bits per heavy atom. The summed E-state index contributed by atoms with van der Waals surface area (Å²) in [5, 5.41) is 9.71. The lowest BCUT2D eigenvalue weighted by atomic mass is 9.90. The van der Waals surface area contributed by atoms with Crippen LogP contribution < -0.4 is 10.7 Å².